The Hall–Kier alpha value is -2.45. The Bertz CT molecular complexity index is 1130. The molecule has 2 saturated heterocycles. The van der Waals surface area contributed by atoms with E-state index in [9.17, 15) is 9.90 Å². The van der Waals surface area contributed by atoms with E-state index in [1.54, 1.807) is 24.3 Å². The predicted molar refractivity (Wildman–Crippen MR) is 125 cm³/mol. The normalized spacial score (nSPS) is 22.0. The minimum absolute atomic E-state index is 0.0138. The molecule has 0 bridgehead atoms. The van der Waals surface area contributed by atoms with E-state index in [-0.39, 0.29) is 11.9 Å². The fraction of sp³-hybridized carbons (Fsp3) is 0.348. The molecule has 0 unspecified atom stereocenters. The van der Waals surface area contributed by atoms with Gasteiger partial charge < -0.3 is 14.9 Å². The number of fused-ring (bicyclic) bond motifs is 1. The lowest BCUT2D eigenvalue weighted by Gasteiger charge is -2.38. The van der Waals surface area contributed by atoms with E-state index in [0.29, 0.717) is 41.8 Å². The summed E-state index contributed by atoms with van der Waals surface area (Å²) in [5, 5.41) is 13.0. The molecule has 2 aromatic carbocycles. The molecular weight excluding hydrogens is 449 g/mol. The Morgan fingerprint density at radius 3 is 2.41 bits per heavy atom. The van der Waals surface area contributed by atoms with Crippen molar-refractivity contribution in [1.82, 2.24) is 19.8 Å². The fourth-order valence-electron chi connectivity index (χ4n) is 4.60. The van der Waals surface area contributed by atoms with Crippen molar-refractivity contribution < 1.29 is 9.90 Å². The van der Waals surface area contributed by atoms with Gasteiger partial charge in [0.25, 0.3) is 5.91 Å². The molecule has 2 atom stereocenters. The number of aromatic nitrogens is 2. The maximum Gasteiger partial charge on any atom is 0.253 e. The van der Waals surface area contributed by atoms with E-state index in [4.69, 9.17) is 23.2 Å². The molecule has 0 saturated carbocycles. The van der Waals surface area contributed by atoms with Crippen LogP contribution in [-0.4, -0.2) is 82.2 Å². The van der Waals surface area contributed by atoms with Crippen molar-refractivity contribution in [2.45, 2.75) is 12.1 Å². The van der Waals surface area contributed by atoms with Crippen LogP contribution in [0, 0.1) is 0 Å². The first-order valence-electron chi connectivity index (χ1n) is 10.6. The number of aliphatic hydroxyl groups excluding tert-OH is 1. The molecule has 0 radical (unpaired) electrons. The monoisotopic (exact) mass is 471 g/mol. The highest BCUT2D eigenvalue weighted by molar-refractivity contribution is 6.31. The highest BCUT2D eigenvalue weighted by Gasteiger charge is 2.38. The molecule has 2 aliphatic rings. The number of hydrogen-bond acceptors (Lipinski definition) is 6. The van der Waals surface area contributed by atoms with Gasteiger partial charge in [-0.3, -0.25) is 9.69 Å². The third kappa shape index (κ3) is 4.13. The third-order valence-corrected chi connectivity index (χ3v) is 6.78. The number of carbonyl (C=O) groups excluding carboxylic acids is 1. The number of benzene rings is 2. The van der Waals surface area contributed by atoms with Gasteiger partial charge >= 0.3 is 0 Å². The van der Waals surface area contributed by atoms with Gasteiger partial charge in [0.15, 0.2) is 0 Å². The van der Waals surface area contributed by atoms with E-state index >= 15 is 0 Å². The smallest absolute Gasteiger partial charge is 0.253 e. The van der Waals surface area contributed by atoms with Gasteiger partial charge in [-0.1, -0.05) is 23.2 Å². The number of aliphatic hydroxyl groups is 1. The summed E-state index contributed by atoms with van der Waals surface area (Å²) >= 11 is 12.0. The van der Waals surface area contributed by atoms with Crippen molar-refractivity contribution >= 4 is 45.8 Å². The SMILES string of the molecule is O=C(c1ccc(Cl)cc1)N1CCN([C@H]2CN(c3ncnc4cc(Cl)ccc34)C[C@@H]2O)CC1. The molecule has 7 nitrogen and oxygen atoms in total. The Kier molecular flexibility index (Phi) is 5.90. The van der Waals surface area contributed by atoms with Crippen LogP contribution in [0.25, 0.3) is 10.9 Å². The first-order chi connectivity index (χ1) is 15.5. The molecule has 0 spiro atoms. The van der Waals surface area contributed by atoms with Crippen LogP contribution < -0.4 is 4.90 Å². The van der Waals surface area contributed by atoms with E-state index in [2.05, 4.69) is 19.8 Å². The summed E-state index contributed by atoms with van der Waals surface area (Å²) < 4.78 is 0. The zero-order valence-corrected chi connectivity index (χ0v) is 18.9. The summed E-state index contributed by atoms with van der Waals surface area (Å²) in [4.78, 5) is 27.8. The van der Waals surface area contributed by atoms with Crippen molar-refractivity contribution in [3.8, 4) is 0 Å². The quantitative estimate of drug-likeness (QED) is 0.632. The summed E-state index contributed by atoms with van der Waals surface area (Å²) in [5.74, 6) is 0.825. The van der Waals surface area contributed by atoms with Gasteiger partial charge in [0.1, 0.15) is 12.1 Å². The molecule has 166 valence electrons. The molecule has 1 aromatic heterocycles. The van der Waals surface area contributed by atoms with E-state index in [1.807, 2.05) is 23.1 Å². The van der Waals surface area contributed by atoms with Gasteiger partial charge in [-0.05, 0) is 42.5 Å². The molecule has 2 aliphatic heterocycles. The van der Waals surface area contributed by atoms with Crippen LogP contribution in [0.4, 0.5) is 5.82 Å². The highest BCUT2D eigenvalue weighted by Crippen LogP contribution is 2.29. The molecule has 2 fully saturated rings. The zero-order valence-electron chi connectivity index (χ0n) is 17.4. The third-order valence-electron chi connectivity index (χ3n) is 6.30. The van der Waals surface area contributed by atoms with Gasteiger partial charge in [-0.2, -0.15) is 0 Å². The van der Waals surface area contributed by atoms with E-state index < -0.39 is 6.10 Å². The highest BCUT2D eigenvalue weighted by atomic mass is 35.5. The summed E-state index contributed by atoms with van der Waals surface area (Å²) in [5.41, 5.74) is 1.43. The Labute approximate surface area is 196 Å². The lowest BCUT2D eigenvalue weighted by molar-refractivity contribution is 0.0376. The molecule has 1 amide bonds. The second-order valence-electron chi connectivity index (χ2n) is 8.23. The average Bonchev–Trinajstić information content (AvgIpc) is 3.20. The van der Waals surface area contributed by atoms with Crippen LogP contribution in [0.5, 0.6) is 0 Å². The number of halogens is 2. The lowest BCUT2D eigenvalue weighted by atomic mass is 10.1. The number of anilines is 1. The van der Waals surface area contributed by atoms with Crippen LogP contribution in [0.15, 0.2) is 48.8 Å². The minimum Gasteiger partial charge on any atom is -0.390 e. The molecule has 32 heavy (non-hydrogen) atoms. The molecular formula is C23H23Cl2N5O2. The van der Waals surface area contributed by atoms with E-state index in [0.717, 1.165) is 29.8 Å². The number of rotatable bonds is 3. The summed E-state index contributed by atoms with van der Waals surface area (Å²) in [6.07, 6.45) is 1.04. The number of nitrogens with zero attached hydrogens (tertiary/aromatic N) is 5. The number of β-amino-alcohol motifs (C(OH)–C–C–N with tert-alkyl or cyclic N) is 1. The molecule has 1 N–H and O–H groups in total. The fourth-order valence-corrected chi connectivity index (χ4v) is 4.89. The van der Waals surface area contributed by atoms with Crippen molar-refractivity contribution in [2.24, 2.45) is 0 Å². The number of piperazine rings is 1. The van der Waals surface area contributed by atoms with Crippen molar-refractivity contribution in [2.75, 3.05) is 44.2 Å². The largest absolute Gasteiger partial charge is 0.390 e. The van der Waals surface area contributed by atoms with Gasteiger partial charge in [0.2, 0.25) is 0 Å². The second-order valence-corrected chi connectivity index (χ2v) is 9.11. The van der Waals surface area contributed by atoms with Gasteiger partial charge in [0.05, 0.1) is 17.7 Å². The summed E-state index contributed by atoms with van der Waals surface area (Å²) in [6, 6.07) is 12.6. The van der Waals surface area contributed by atoms with Crippen molar-refractivity contribution in [3.05, 3.63) is 64.4 Å². The number of carbonyl (C=O) groups is 1. The topological polar surface area (TPSA) is 72.8 Å². The number of hydrogen-bond donors (Lipinski definition) is 1. The second kappa shape index (κ2) is 8.83. The predicted octanol–water partition coefficient (Wildman–Crippen LogP) is 2.94. The van der Waals surface area contributed by atoms with Gasteiger partial charge in [-0.25, -0.2) is 9.97 Å². The summed E-state index contributed by atoms with van der Waals surface area (Å²) in [7, 11) is 0. The van der Waals surface area contributed by atoms with Crippen LogP contribution in [-0.2, 0) is 0 Å². The zero-order chi connectivity index (χ0) is 22.2. The summed E-state index contributed by atoms with van der Waals surface area (Å²) in [6.45, 7) is 3.85. The molecule has 5 rings (SSSR count). The number of amides is 1. The Morgan fingerprint density at radius 2 is 1.66 bits per heavy atom. The van der Waals surface area contributed by atoms with E-state index in [1.165, 1.54) is 6.33 Å². The Balaban J connectivity index is 1.25. The molecule has 9 heteroatoms. The van der Waals surface area contributed by atoms with Crippen molar-refractivity contribution in [3.63, 3.8) is 0 Å². The van der Waals surface area contributed by atoms with Gasteiger partial charge in [0, 0.05) is 60.3 Å². The molecule has 3 aromatic rings. The molecule has 0 aliphatic carbocycles. The maximum absolute atomic E-state index is 12.8. The Morgan fingerprint density at radius 1 is 0.938 bits per heavy atom. The standard InChI is InChI=1S/C23H23Cl2N5O2/c24-16-3-1-15(2-4-16)23(32)29-9-7-28(8-10-29)20-12-30(13-21(20)31)22-18-6-5-17(25)11-19(18)26-14-27-22/h1-6,11,14,20-21,31H,7-10,12-13H2/t20-,21-/m0/s1. The minimum atomic E-state index is -0.495. The van der Waals surface area contributed by atoms with Crippen LogP contribution >= 0.6 is 23.2 Å². The van der Waals surface area contributed by atoms with Gasteiger partial charge in [-0.15, -0.1) is 0 Å². The first-order valence-corrected chi connectivity index (χ1v) is 11.4. The van der Waals surface area contributed by atoms with Crippen molar-refractivity contribution in [1.29, 1.82) is 0 Å². The van der Waals surface area contributed by atoms with Crippen LogP contribution in [0.1, 0.15) is 10.4 Å². The average molecular weight is 472 g/mol. The van der Waals surface area contributed by atoms with Crippen LogP contribution in [0.3, 0.4) is 0 Å². The maximum atomic E-state index is 12.8. The molecule has 3 heterocycles. The van der Waals surface area contributed by atoms with Crippen LogP contribution in [0.2, 0.25) is 10.0 Å². The lowest BCUT2D eigenvalue weighted by Crippen LogP contribution is -2.54. The first kappa shape index (κ1) is 21.4.